The van der Waals surface area contributed by atoms with Crippen LogP contribution in [0.5, 0.6) is 0 Å². The fraction of sp³-hybridized carbons (Fsp3) is 0.462. The molecule has 1 aromatic heterocycles. The monoisotopic (exact) mass is 265 g/mol. The van der Waals surface area contributed by atoms with Gasteiger partial charge in [0.25, 0.3) is 5.91 Å². The quantitative estimate of drug-likeness (QED) is 0.842. The number of nitrogens with two attached hydrogens (primary N) is 1. The molecule has 1 atom stereocenters. The third-order valence-electron chi connectivity index (χ3n) is 2.84. The first-order valence-electron chi connectivity index (χ1n) is 5.82. The molecular formula is C13H19N3OS. The normalized spacial score (nSPS) is 12.0. The van der Waals surface area contributed by atoms with Gasteiger partial charge in [0.1, 0.15) is 0 Å². The lowest BCUT2D eigenvalue weighted by atomic mass is 10.1. The summed E-state index contributed by atoms with van der Waals surface area (Å²) in [6.07, 6.45) is 0. The van der Waals surface area contributed by atoms with Gasteiger partial charge in [-0.15, -0.1) is 0 Å². The Labute approximate surface area is 113 Å². The lowest BCUT2D eigenvalue weighted by Crippen LogP contribution is -2.35. The van der Waals surface area contributed by atoms with E-state index in [0.29, 0.717) is 17.1 Å². The maximum absolute atomic E-state index is 12.2. The molecule has 18 heavy (non-hydrogen) atoms. The Hall–Kier alpha value is -1.49. The number of nitrogens with zero attached hydrogens (tertiary/aromatic N) is 2. The van der Waals surface area contributed by atoms with E-state index < -0.39 is 0 Å². The highest BCUT2D eigenvalue weighted by Gasteiger charge is 2.17. The van der Waals surface area contributed by atoms with Crippen LogP contribution in [0.4, 0.5) is 0 Å². The number of carbonyl (C=O) groups is 1. The number of amides is 1. The first-order valence-corrected chi connectivity index (χ1v) is 6.22. The second-order valence-electron chi connectivity index (χ2n) is 4.57. The van der Waals surface area contributed by atoms with Gasteiger partial charge in [-0.1, -0.05) is 19.1 Å². The molecule has 0 aliphatic rings. The molecule has 5 heteroatoms. The molecule has 0 fully saturated rings. The summed E-state index contributed by atoms with van der Waals surface area (Å²) in [5, 5.41) is 0. The maximum Gasteiger partial charge on any atom is 0.255 e. The maximum atomic E-state index is 12.2. The van der Waals surface area contributed by atoms with Crippen molar-refractivity contribution in [2.24, 2.45) is 11.7 Å². The highest BCUT2D eigenvalue weighted by atomic mass is 32.1. The fourth-order valence-corrected chi connectivity index (χ4v) is 1.78. The topological polar surface area (TPSA) is 59.2 Å². The number of carbonyl (C=O) groups excluding carboxylic acids is 1. The van der Waals surface area contributed by atoms with Crippen molar-refractivity contribution in [3.8, 4) is 0 Å². The highest BCUT2D eigenvalue weighted by molar-refractivity contribution is 7.80. The number of aromatic nitrogens is 1. The largest absolute Gasteiger partial charge is 0.393 e. The van der Waals surface area contributed by atoms with Crippen molar-refractivity contribution in [3.63, 3.8) is 0 Å². The van der Waals surface area contributed by atoms with Crippen LogP contribution in [0.1, 0.15) is 28.7 Å². The van der Waals surface area contributed by atoms with Crippen LogP contribution in [0, 0.1) is 19.8 Å². The zero-order valence-corrected chi connectivity index (χ0v) is 12.0. The zero-order chi connectivity index (χ0) is 13.9. The van der Waals surface area contributed by atoms with Crippen molar-refractivity contribution in [1.29, 1.82) is 0 Å². The molecule has 0 aromatic carbocycles. The molecular weight excluding hydrogens is 246 g/mol. The molecule has 0 bridgehead atoms. The van der Waals surface area contributed by atoms with Gasteiger partial charge in [0.2, 0.25) is 0 Å². The molecule has 1 unspecified atom stereocenters. The van der Waals surface area contributed by atoms with Crippen LogP contribution >= 0.6 is 12.2 Å². The van der Waals surface area contributed by atoms with E-state index in [0.717, 1.165) is 11.4 Å². The Balaban J connectivity index is 2.83. The molecule has 98 valence electrons. The molecule has 0 saturated carbocycles. The van der Waals surface area contributed by atoms with Gasteiger partial charge in [0.05, 0.1) is 16.2 Å². The Morgan fingerprint density at radius 3 is 2.61 bits per heavy atom. The van der Waals surface area contributed by atoms with Crippen molar-refractivity contribution in [1.82, 2.24) is 9.88 Å². The second-order valence-corrected chi connectivity index (χ2v) is 5.05. The van der Waals surface area contributed by atoms with Crippen molar-refractivity contribution in [3.05, 3.63) is 29.1 Å². The molecule has 4 nitrogen and oxygen atoms in total. The first-order chi connectivity index (χ1) is 8.32. The van der Waals surface area contributed by atoms with E-state index in [1.54, 1.807) is 11.9 Å². The summed E-state index contributed by atoms with van der Waals surface area (Å²) >= 11 is 4.91. The number of aryl methyl sites for hydroxylation is 2. The summed E-state index contributed by atoms with van der Waals surface area (Å²) < 4.78 is 0. The fourth-order valence-electron chi connectivity index (χ4n) is 1.70. The van der Waals surface area contributed by atoms with Crippen molar-refractivity contribution < 1.29 is 4.79 Å². The van der Waals surface area contributed by atoms with E-state index >= 15 is 0 Å². The third kappa shape index (κ3) is 3.50. The van der Waals surface area contributed by atoms with Crippen molar-refractivity contribution in [2.75, 3.05) is 13.6 Å². The van der Waals surface area contributed by atoms with Gasteiger partial charge in [0.15, 0.2) is 0 Å². The van der Waals surface area contributed by atoms with Gasteiger partial charge < -0.3 is 10.6 Å². The molecule has 0 radical (unpaired) electrons. The SMILES string of the molecule is Cc1ccc(C(=O)N(C)CC(C)C(N)=S)c(C)n1. The van der Waals surface area contributed by atoms with Crippen LogP contribution in [0.25, 0.3) is 0 Å². The van der Waals surface area contributed by atoms with Gasteiger partial charge in [-0.3, -0.25) is 9.78 Å². The van der Waals surface area contributed by atoms with E-state index in [2.05, 4.69) is 4.98 Å². The minimum atomic E-state index is -0.0527. The zero-order valence-electron chi connectivity index (χ0n) is 11.2. The second kappa shape index (κ2) is 5.91. The Kier molecular flexibility index (Phi) is 4.78. The van der Waals surface area contributed by atoms with E-state index in [4.69, 9.17) is 18.0 Å². The Bertz CT molecular complexity index is 473. The lowest BCUT2D eigenvalue weighted by Gasteiger charge is -2.21. The van der Waals surface area contributed by atoms with Crippen LogP contribution in [0.3, 0.4) is 0 Å². The van der Waals surface area contributed by atoms with Gasteiger partial charge in [-0.2, -0.15) is 0 Å². The minimum Gasteiger partial charge on any atom is -0.393 e. The summed E-state index contributed by atoms with van der Waals surface area (Å²) in [5.41, 5.74) is 7.83. The molecule has 1 heterocycles. The average Bonchev–Trinajstić information content (AvgIpc) is 2.27. The summed E-state index contributed by atoms with van der Waals surface area (Å²) in [4.78, 5) is 18.6. The molecule has 0 aliphatic carbocycles. The standard InChI is InChI=1S/C13H19N3OS/c1-8(12(14)18)7-16(4)13(17)11-6-5-9(2)15-10(11)3/h5-6,8H,7H2,1-4H3,(H2,14,18). The van der Waals surface area contributed by atoms with Gasteiger partial charge in [0, 0.05) is 25.2 Å². The minimum absolute atomic E-state index is 0.00710. The molecule has 0 spiro atoms. The number of pyridine rings is 1. The van der Waals surface area contributed by atoms with Crippen LogP contribution < -0.4 is 5.73 Å². The van der Waals surface area contributed by atoms with E-state index in [-0.39, 0.29) is 11.8 Å². The van der Waals surface area contributed by atoms with Gasteiger partial charge >= 0.3 is 0 Å². The van der Waals surface area contributed by atoms with E-state index in [9.17, 15) is 4.79 Å². The summed E-state index contributed by atoms with van der Waals surface area (Å²) in [5.74, 6) is -0.0456. The Morgan fingerprint density at radius 1 is 1.50 bits per heavy atom. The number of thiocarbonyl (C=S) groups is 1. The summed E-state index contributed by atoms with van der Waals surface area (Å²) in [7, 11) is 1.75. The summed E-state index contributed by atoms with van der Waals surface area (Å²) in [6, 6.07) is 3.65. The number of hydrogen-bond acceptors (Lipinski definition) is 3. The molecule has 2 N–H and O–H groups in total. The average molecular weight is 265 g/mol. The predicted molar refractivity (Wildman–Crippen MR) is 76.6 cm³/mol. The predicted octanol–water partition coefficient (Wildman–Crippen LogP) is 1.69. The van der Waals surface area contributed by atoms with Crippen LogP contribution in [-0.2, 0) is 0 Å². The molecule has 1 rings (SSSR count). The van der Waals surface area contributed by atoms with Crippen LogP contribution in [0.15, 0.2) is 12.1 Å². The van der Waals surface area contributed by atoms with Gasteiger partial charge in [-0.05, 0) is 26.0 Å². The van der Waals surface area contributed by atoms with Gasteiger partial charge in [-0.25, -0.2) is 0 Å². The van der Waals surface area contributed by atoms with E-state index in [1.807, 2.05) is 32.9 Å². The summed E-state index contributed by atoms with van der Waals surface area (Å²) in [6.45, 7) is 6.17. The first kappa shape index (κ1) is 14.6. The molecule has 1 aromatic rings. The smallest absolute Gasteiger partial charge is 0.255 e. The van der Waals surface area contributed by atoms with Crippen LogP contribution in [-0.4, -0.2) is 34.4 Å². The van der Waals surface area contributed by atoms with Crippen molar-refractivity contribution >= 4 is 23.1 Å². The molecule has 0 saturated heterocycles. The van der Waals surface area contributed by atoms with Crippen molar-refractivity contribution in [2.45, 2.75) is 20.8 Å². The Morgan fingerprint density at radius 2 is 2.11 bits per heavy atom. The third-order valence-corrected chi connectivity index (χ3v) is 3.24. The molecule has 0 aliphatic heterocycles. The number of rotatable bonds is 4. The van der Waals surface area contributed by atoms with Crippen LogP contribution in [0.2, 0.25) is 0 Å². The molecule has 1 amide bonds. The highest BCUT2D eigenvalue weighted by Crippen LogP contribution is 2.10. The number of hydrogen-bond donors (Lipinski definition) is 1. The lowest BCUT2D eigenvalue weighted by molar-refractivity contribution is 0.0785. The van der Waals surface area contributed by atoms with E-state index in [1.165, 1.54) is 0 Å².